The molecule has 0 amide bonds. The highest BCUT2D eigenvalue weighted by atomic mass is 32.1. The lowest BCUT2D eigenvalue weighted by molar-refractivity contribution is 0.958. The number of rotatable bonds is 6. The maximum absolute atomic E-state index is 8.74. The molecule has 0 aliphatic carbocycles. The Morgan fingerprint density at radius 3 is 2.00 bits per heavy atom. The van der Waals surface area contributed by atoms with Crippen molar-refractivity contribution in [3.8, 4) is 16.8 Å². The van der Waals surface area contributed by atoms with Gasteiger partial charge in [-0.25, -0.2) is 4.99 Å². The number of nitrogens with two attached hydrogens (primary N) is 1. The number of aromatic nitrogens is 1. The van der Waals surface area contributed by atoms with E-state index < -0.39 is 6.04 Å². The Labute approximate surface area is 293 Å². The smallest absolute Gasteiger partial charge is 0.152 e. The van der Waals surface area contributed by atoms with Gasteiger partial charge in [0.1, 0.15) is 0 Å². The van der Waals surface area contributed by atoms with Gasteiger partial charge in [-0.1, -0.05) is 133 Å². The zero-order valence-corrected chi connectivity index (χ0v) is 27.9. The number of thiophene rings is 1. The summed E-state index contributed by atoms with van der Waals surface area (Å²) in [6, 6.07) is 58.2. The van der Waals surface area contributed by atoms with Crippen molar-refractivity contribution in [3.05, 3.63) is 187 Å². The van der Waals surface area contributed by atoms with Crippen LogP contribution in [0.15, 0.2) is 175 Å². The van der Waals surface area contributed by atoms with Gasteiger partial charge >= 0.3 is 0 Å². The van der Waals surface area contributed by atoms with E-state index in [1.165, 1.54) is 42.1 Å². The molecule has 0 aliphatic rings. The number of amidine groups is 1. The molecule has 5 heteroatoms. The normalized spacial score (nSPS) is 12.6. The second-order valence-electron chi connectivity index (χ2n) is 12.5. The van der Waals surface area contributed by atoms with Crippen LogP contribution in [0.5, 0.6) is 0 Å². The average Bonchev–Trinajstić information content (AvgIpc) is 3.73. The van der Waals surface area contributed by atoms with Crippen molar-refractivity contribution >= 4 is 64.9 Å². The van der Waals surface area contributed by atoms with Crippen molar-refractivity contribution < 1.29 is 0 Å². The lowest BCUT2D eigenvalue weighted by Crippen LogP contribution is -2.24. The first-order valence-corrected chi connectivity index (χ1v) is 17.5. The fraction of sp³-hybridized carbons (Fsp3) is 0.0222. The monoisotopic (exact) mass is 660 g/mol. The topological polar surface area (TPSA) is 67.2 Å². The van der Waals surface area contributed by atoms with E-state index in [-0.39, 0.29) is 5.84 Å². The predicted octanol–water partition coefficient (Wildman–Crippen LogP) is 11.3. The van der Waals surface area contributed by atoms with Gasteiger partial charge in [0, 0.05) is 42.2 Å². The molecule has 0 unspecified atom stereocenters. The molecule has 0 saturated heterocycles. The molecule has 3 N–H and O–H groups in total. The van der Waals surface area contributed by atoms with E-state index in [4.69, 9.17) is 16.1 Å². The Hall–Kier alpha value is -6.14. The van der Waals surface area contributed by atoms with Crippen LogP contribution >= 0.6 is 11.3 Å². The quantitative estimate of drug-likeness (QED) is 0.135. The predicted molar refractivity (Wildman–Crippen MR) is 212 cm³/mol. The Balaban J connectivity index is 1.12. The summed E-state index contributed by atoms with van der Waals surface area (Å²) in [5, 5.41) is 13.8. The molecule has 0 radical (unpaired) electrons. The molecular weight excluding hydrogens is 629 g/mol. The lowest BCUT2D eigenvalue weighted by Gasteiger charge is -2.17. The van der Waals surface area contributed by atoms with Gasteiger partial charge in [-0.3, -0.25) is 5.41 Å². The second kappa shape index (κ2) is 12.4. The van der Waals surface area contributed by atoms with Gasteiger partial charge in [-0.2, -0.15) is 0 Å². The van der Waals surface area contributed by atoms with E-state index in [0.29, 0.717) is 5.71 Å². The summed E-state index contributed by atoms with van der Waals surface area (Å²) in [6.07, 6.45) is 0. The van der Waals surface area contributed by atoms with Crippen molar-refractivity contribution in [1.29, 1.82) is 5.41 Å². The summed E-state index contributed by atoms with van der Waals surface area (Å²) in [6.45, 7) is 0. The van der Waals surface area contributed by atoms with Gasteiger partial charge in [0.05, 0.1) is 22.8 Å². The number of hydrogen-bond acceptors (Lipinski definition) is 3. The molecule has 50 heavy (non-hydrogen) atoms. The third-order valence-electron chi connectivity index (χ3n) is 9.54. The third-order valence-corrected chi connectivity index (χ3v) is 10.8. The number of nitrogens with one attached hydrogen (secondary N) is 1. The number of para-hydroxylation sites is 1. The SMILES string of the molecule is N=C(N=C(c1ccccc1)[C@H](N)c1ccc(-n2c3ccccc3c3cc(-c4cccc5c4sc4ccccc45)ccc32)cc1)c1ccccc1. The van der Waals surface area contributed by atoms with Crippen molar-refractivity contribution in [2.24, 2.45) is 10.7 Å². The van der Waals surface area contributed by atoms with E-state index in [1.54, 1.807) is 0 Å². The molecule has 0 fully saturated rings. The van der Waals surface area contributed by atoms with Gasteiger partial charge in [-0.15, -0.1) is 11.3 Å². The first kappa shape index (κ1) is 30.0. The van der Waals surface area contributed by atoms with Gasteiger partial charge in [-0.05, 0) is 58.7 Å². The number of fused-ring (bicyclic) bond motifs is 6. The largest absolute Gasteiger partial charge is 0.319 e. The first-order chi connectivity index (χ1) is 24.6. The number of benzene rings is 7. The van der Waals surface area contributed by atoms with Gasteiger partial charge in [0.15, 0.2) is 5.84 Å². The van der Waals surface area contributed by atoms with Crippen molar-refractivity contribution in [2.45, 2.75) is 6.04 Å². The lowest BCUT2D eigenvalue weighted by atomic mass is 9.96. The summed E-state index contributed by atoms with van der Waals surface area (Å²) in [5.74, 6) is 0.185. The maximum atomic E-state index is 8.74. The summed E-state index contributed by atoms with van der Waals surface area (Å²) >= 11 is 1.86. The van der Waals surface area contributed by atoms with E-state index >= 15 is 0 Å². The molecular formula is C45H32N4S. The molecule has 0 aliphatic heterocycles. The zero-order chi connectivity index (χ0) is 33.6. The molecule has 9 rings (SSSR count). The Morgan fingerprint density at radius 2 is 1.22 bits per heavy atom. The Bertz CT molecular complexity index is 2720. The van der Waals surface area contributed by atoms with Crippen molar-refractivity contribution in [2.75, 3.05) is 0 Å². The molecule has 9 aromatic rings. The summed E-state index contributed by atoms with van der Waals surface area (Å²) in [4.78, 5) is 4.78. The van der Waals surface area contributed by atoms with Gasteiger partial charge < -0.3 is 10.3 Å². The van der Waals surface area contributed by atoms with E-state index in [9.17, 15) is 0 Å². The minimum absolute atomic E-state index is 0.185. The second-order valence-corrected chi connectivity index (χ2v) is 13.6. The van der Waals surface area contributed by atoms with Crippen LogP contribution < -0.4 is 5.73 Å². The summed E-state index contributed by atoms with van der Waals surface area (Å²) < 4.78 is 4.97. The van der Waals surface area contributed by atoms with Crippen LogP contribution in [-0.2, 0) is 0 Å². The third kappa shape index (κ3) is 5.12. The fourth-order valence-electron chi connectivity index (χ4n) is 7.09. The van der Waals surface area contributed by atoms with Crippen molar-refractivity contribution in [1.82, 2.24) is 4.57 Å². The van der Waals surface area contributed by atoms with Crippen molar-refractivity contribution in [3.63, 3.8) is 0 Å². The van der Waals surface area contributed by atoms with E-state index in [0.717, 1.165) is 33.4 Å². The van der Waals surface area contributed by atoms with Crippen LogP contribution in [0.1, 0.15) is 22.7 Å². The molecule has 0 saturated carbocycles. The molecule has 0 spiro atoms. The standard InChI is InChI=1S/C45H32N4S/c46-42(43(30-12-3-1-4-13-30)48-45(47)31-14-5-2-6-15-31)29-22-25-33(26-23-29)49-39-20-9-7-16-35(39)38-28-32(24-27-40(38)49)34-18-11-19-37-36-17-8-10-21-41(36)50-44(34)37/h1-28,42,47H,46H2/t42-/m1/s1. The fourth-order valence-corrected chi connectivity index (χ4v) is 8.32. The maximum Gasteiger partial charge on any atom is 0.152 e. The first-order valence-electron chi connectivity index (χ1n) is 16.7. The minimum Gasteiger partial charge on any atom is -0.319 e. The van der Waals surface area contributed by atoms with Crippen LogP contribution in [0, 0.1) is 5.41 Å². The molecule has 4 nitrogen and oxygen atoms in total. The summed E-state index contributed by atoms with van der Waals surface area (Å²) in [7, 11) is 0. The Morgan fingerprint density at radius 1 is 0.580 bits per heavy atom. The molecule has 7 aromatic carbocycles. The highest BCUT2D eigenvalue weighted by Crippen LogP contribution is 2.41. The van der Waals surface area contributed by atoms with Crippen LogP contribution in [0.4, 0.5) is 0 Å². The van der Waals surface area contributed by atoms with Gasteiger partial charge in [0.25, 0.3) is 0 Å². The molecule has 1 atom stereocenters. The number of nitrogens with zero attached hydrogens (tertiary/aromatic N) is 2. The average molecular weight is 661 g/mol. The summed E-state index contributed by atoms with van der Waals surface area (Å²) in [5.41, 5.74) is 16.0. The van der Waals surface area contributed by atoms with E-state index in [1.807, 2.05) is 72.0 Å². The highest BCUT2D eigenvalue weighted by molar-refractivity contribution is 7.26. The molecule has 0 bridgehead atoms. The molecule has 2 aromatic heterocycles. The van der Waals surface area contributed by atoms with Crippen LogP contribution in [0.2, 0.25) is 0 Å². The highest BCUT2D eigenvalue weighted by Gasteiger charge is 2.19. The van der Waals surface area contributed by atoms with Crippen LogP contribution in [0.3, 0.4) is 0 Å². The van der Waals surface area contributed by atoms with E-state index in [2.05, 4.69) is 114 Å². The minimum atomic E-state index is -0.521. The zero-order valence-electron chi connectivity index (χ0n) is 27.1. The number of hydrogen-bond donors (Lipinski definition) is 2. The van der Waals surface area contributed by atoms with Crippen LogP contribution in [0.25, 0.3) is 58.8 Å². The van der Waals surface area contributed by atoms with Gasteiger partial charge in [0.2, 0.25) is 0 Å². The molecule has 238 valence electrons. The Kier molecular flexibility index (Phi) is 7.42. The van der Waals surface area contributed by atoms with Crippen LogP contribution in [-0.4, -0.2) is 16.1 Å². The number of aliphatic imine (C=N–C) groups is 1. The molecule has 2 heterocycles.